The Balaban J connectivity index is 3.10. The van der Waals surface area contributed by atoms with Crippen molar-refractivity contribution in [3.05, 3.63) is 28.8 Å². The summed E-state index contributed by atoms with van der Waals surface area (Å²) in [4.78, 5) is 9.75. The summed E-state index contributed by atoms with van der Waals surface area (Å²) in [6.07, 6.45) is -0.256. The van der Waals surface area contributed by atoms with Crippen molar-refractivity contribution in [3.63, 3.8) is 0 Å². The molecule has 0 spiro atoms. The van der Waals surface area contributed by atoms with Gasteiger partial charge < -0.3 is 5.11 Å². The predicted octanol–water partition coefficient (Wildman–Crippen LogP) is 2.15. The lowest BCUT2D eigenvalue weighted by molar-refractivity contribution is -0.137. The Kier molecular flexibility index (Phi) is 5.43. The van der Waals surface area contributed by atoms with Crippen molar-refractivity contribution >= 4 is 27.6 Å². The number of rotatable bonds is 6. The zero-order chi connectivity index (χ0) is 15.5. The SMILES string of the molecule is CC[C@@H](CC(=O)O)NS(=O)(=O)c1cc(Cl)c(F)cc1F. The Hall–Kier alpha value is -1.25. The molecule has 0 heterocycles. The van der Waals surface area contributed by atoms with Gasteiger partial charge in [0.2, 0.25) is 10.0 Å². The fourth-order valence-corrected chi connectivity index (χ4v) is 3.11. The molecule has 9 heteroatoms. The highest BCUT2D eigenvalue weighted by Crippen LogP contribution is 2.23. The van der Waals surface area contributed by atoms with Crippen LogP contribution in [-0.2, 0) is 14.8 Å². The molecule has 0 amide bonds. The molecule has 1 aromatic rings. The van der Waals surface area contributed by atoms with E-state index < -0.39 is 50.0 Å². The zero-order valence-corrected chi connectivity index (χ0v) is 11.9. The first kappa shape index (κ1) is 16.8. The highest BCUT2D eigenvalue weighted by Gasteiger charge is 2.25. The Morgan fingerprint density at radius 1 is 1.40 bits per heavy atom. The van der Waals surface area contributed by atoms with E-state index in [-0.39, 0.29) is 6.42 Å². The highest BCUT2D eigenvalue weighted by molar-refractivity contribution is 7.89. The Bertz CT molecular complexity index is 621. The van der Waals surface area contributed by atoms with Gasteiger partial charge >= 0.3 is 5.97 Å². The second kappa shape index (κ2) is 6.47. The van der Waals surface area contributed by atoms with Gasteiger partial charge in [-0.25, -0.2) is 21.9 Å². The molecule has 1 aromatic carbocycles. The van der Waals surface area contributed by atoms with Gasteiger partial charge in [-0.3, -0.25) is 4.79 Å². The molecule has 5 nitrogen and oxygen atoms in total. The summed E-state index contributed by atoms with van der Waals surface area (Å²) in [5.74, 6) is -3.58. The van der Waals surface area contributed by atoms with Gasteiger partial charge in [-0.05, 0) is 12.5 Å². The minimum Gasteiger partial charge on any atom is -0.481 e. The first-order chi connectivity index (χ1) is 9.17. The largest absolute Gasteiger partial charge is 0.481 e. The lowest BCUT2D eigenvalue weighted by atomic mass is 10.2. The number of hydrogen-bond donors (Lipinski definition) is 2. The maximum atomic E-state index is 13.5. The maximum Gasteiger partial charge on any atom is 0.304 e. The number of benzene rings is 1. The molecular formula is C11H12ClF2NO4S. The van der Waals surface area contributed by atoms with E-state index in [1.807, 2.05) is 4.72 Å². The summed E-state index contributed by atoms with van der Waals surface area (Å²) >= 11 is 5.42. The molecule has 1 rings (SSSR count). The topological polar surface area (TPSA) is 83.5 Å². The van der Waals surface area contributed by atoms with Gasteiger partial charge in [0.15, 0.2) is 0 Å². The van der Waals surface area contributed by atoms with Gasteiger partial charge in [-0.2, -0.15) is 0 Å². The van der Waals surface area contributed by atoms with Gasteiger partial charge in [0.25, 0.3) is 0 Å². The van der Waals surface area contributed by atoms with Crippen molar-refractivity contribution in [2.75, 3.05) is 0 Å². The number of aliphatic carboxylic acids is 1. The van der Waals surface area contributed by atoms with Crippen LogP contribution in [0, 0.1) is 11.6 Å². The van der Waals surface area contributed by atoms with E-state index in [0.717, 1.165) is 0 Å². The summed E-state index contributed by atoms with van der Waals surface area (Å²) in [6.45, 7) is 1.57. The van der Waals surface area contributed by atoms with Crippen molar-refractivity contribution in [3.8, 4) is 0 Å². The van der Waals surface area contributed by atoms with Crippen molar-refractivity contribution in [2.24, 2.45) is 0 Å². The van der Waals surface area contributed by atoms with Crippen LogP contribution in [0.5, 0.6) is 0 Å². The third-order valence-electron chi connectivity index (χ3n) is 2.50. The first-order valence-electron chi connectivity index (χ1n) is 5.56. The van der Waals surface area contributed by atoms with E-state index in [2.05, 4.69) is 0 Å². The van der Waals surface area contributed by atoms with Crippen LogP contribution in [-0.4, -0.2) is 25.5 Å². The van der Waals surface area contributed by atoms with Crippen LogP contribution >= 0.6 is 11.6 Å². The molecule has 0 unspecified atom stereocenters. The normalized spacial score (nSPS) is 13.2. The molecule has 112 valence electrons. The van der Waals surface area contributed by atoms with Gasteiger partial charge in [0.1, 0.15) is 16.5 Å². The number of halogens is 3. The van der Waals surface area contributed by atoms with Crippen molar-refractivity contribution in [1.29, 1.82) is 0 Å². The quantitative estimate of drug-likeness (QED) is 0.784. The van der Waals surface area contributed by atoms with Crippen LogP contribution in [0.1, 0.15) is 19.8 Å². The molecular weight excluding hydrogens is 316 g/mol. The maximum absolute atomic E-state index is 13.5. The number of sulfonamides is 1. The van der Waals surface area contributed by atoms with Crippen LogP contribution in [0.15, 0.2) is 17.0 Å². The van der Waals surface area contributed by atoms with E-state index in [0.29, 0.717) is 12.1 Å². The van der Waals surface area contributed by atoms with E-state index in [4.69, 9.17) is 16.7 Å². The summed E-state index contributed by atoms with van der Waals surface area (Å²) in [5, 5.41) is 8.09. The lowest BCUT2D eigenvalue weighted by Crippen LogP contribution is -2.36. The predicted molar refractivity (Wildman–Crippen MR) is 68.0 cm³/mol. The monoisotopic (exact) mass is 327 g/mol. The Morgan fingerprint density at radius 3 is 2.50 bits per heavy atom. The van der Waals surface area contributed by atoms with Crippen molar-refractivity contribution in [2.45, 2.75) is 30.7 Å². The van der Waals surface area contributed by atoms with Crippen LogP contribution in [0.3, 0.4) is 0 Å². The molecule has 0 aromatic heterocycles. The van der Waals surface area contributed by atoms with Gasteiger partial charge in [-0.1, -0.05) is 18.5 Å². The Morgan fingerprint density at radius 2 is 2.00 bits per heavy atom. The molecule has 0 aliphatic carbocycles. The number of hydrogen-bond acceptors (Lipinski definition) is 3. The fourth-order valence-electron chi connectivity index (χ4n) is 1.47. The van der Waals surface area contributed by atoms with E-state index >= 15 is 0 Å². The van der Waals surface area contributed by atoms with Gasteiger partial charge in [-0.15, -0.1) is 0 Å². The molecule has 0 aliphatic rings. The van der Waals surface area contributed by atoms with Gasteiger partial charge in [0, 0.05) is 12.1 Å². The molecule has 0 saturated carbocycles. The fraction of sp³-hybridized carbons (Fsp3) is 0.364. The third kappa shape index (κ3) is 4.12. The highest BCUT2D eigenvalue weighted by atomic mass is 35.5. The molecule has 2 N–H and O–H groups in total. The van der Waals surface area contributed by atoms with E-state index in [1.54, 1.807) is 6.92 Å². The average Bonchev–Trinajstić information content (AvgIpc) is 2.31. The summed E-state index contributed by atoms with van der Waals surface area (Å²) in [6, 6.07) is 0.0950. The van der Waals surface area contributed by atoms with Crippen LogP contribution in [0.25, 0.3) is 0 Å². The summed E-state index contributed by atoms with van der Waals surface area (Å²) in [7, 11) is -4.33. The van der Waals surface area contributed by atoms with Crippen LogP contribution < -0.4 is 4.72 Å². The zero-order valence-electron chi connectivity index (χ0n) is 10.4. The van der Waals surface area contributed by atoms with Crippen molar-refractivity contribution < 1.29 is 27.1 Å². The number of carbonyl (C=O) groups is 1. The molecule has 0 fully saturated rings. The molecule has 0 aliphatic heterocycles. The molecule has 0 bridgehead atoms. The summed E-state index contributed by atoms with van der Waals surface area (Å²) in [5.41, 5.74) is 0. The molecule has 20 heavy (non-hydrogen) atoms. The molecule has 0 saturated heterocycles. The number of carboxylic acid groups (broad SMARTS) is 1. The van der Waals surface area contributed by atoms with E-state index in [1.165, 1.54) is 0 Å². The third-order valence-corrected chi connectivity index (χ3v) is 4.33. The molecule has 1 atom stereocenters. The Labute approximate surface area is 119 Å². The second-order valence-electron chi connectivity index (χ2n) is 4.02. The number of carboxylic acids is 1. The summed E-state index contributed by atoms with van der Waals surface area (Å²) < 4.78 is 52.4. The van der Waals surface area contributed by atoms with Gasteiger partial charge in [0.05, 0.1) is 11.4 Å². The molecule has 0 radical (unpaired) electrons. The van der Waals surface area contributed by atoms with Crippen molar-refractivity contribution in [1.82, 2.24) is 4.72 Å². The standard InChI is InChI=1S/C11H12ClF2NO4S/c1-2-6(3-11(16)17)15-20(18,19)10-4-7(12)8(13)5-9(10)14/h4-6,15H,2-3H2,1H3,(H,16,17)/t6-/m0/s1. The second-order valence-corrected chi connectivity index (χ2v) is 6.11. The minimum absolute atomic E-state index is 0.197. The first-order valence-corrected chi connectivity index (χ1v) is 7.42. The minimum atomic E-state index is -4.33. The number of nitrogens with one attached hydrogen (secondary N) is 1. The lowest BCUT2D eigenvalue weighted by Gasteiger charge is -2.15. The van der Waals surface area contributed by atoms with Crippen LogP contribution in [0.2, 0.25) is 5.02 Å². The smallest absolute Gasteiger partial charge is 0.304 e. The van der Waals surface area contributed by atoms with Crippen LogP contribution in [0.4, 0.5) is 8.78 Å². The average molecular weight is 328 g/mol. The van der Waals surface area contributed by atoms with E-state index in [9.17, 15) is 22.0 Å².